The standard InChI is InChI=1S/C15H20FNO/c1-11-9-15-12(10-13(11)16)14(5-8-18-15)17-6-3-2-4-7-17/h9-10,14H,2-8H2,1H3/t14-/m0/s1. The molecule has 1 aromatic rings. The van der Waals surface area contributed by atoms with Crippen LogP contribution in [0.15, 0.2) is 12.1 Å². The minimum atomic E-state index is -0.110. The van der Waals surface area contributed by atoms with Gasteiger partial charge in [0, 0.05) is 18.0 Å². The number of ether oxygens (including phenoxy) is 1. The molecule has 0 radical (unpaired) electrons. The molecule has 98 valence electrons. The van der Waals surface area contributed by atoms with Gasteiger partial charge in [0.1, 0.15) is 11.6 Å². The van der Waals surface area contributed by atoms with Crippen molar-refractivity contribution in [2.45, 2.75) is 38.6 Å². The smallest absolute Gasteiger partial charge is 0.126 e. The third-order valence-electron chi connectivity index (χ3n) is 4.13. The molecule has 2 heterocycles. The molecule has 0 amide bonds. The van der Waals surface area contributed by atoms with Crippen molar-refractivity contribution in [1.29, 1.82) is 0 Å². The van der Waals surface area contributed by atoms with Gasteiger partial charge in [-0.15, -0.1) is 0 Å². The Hall–Kier alpha value is -1.09. The number of likely N-dealkylation sites (tertiary alicyclic amines) is 1. The monoisotopic (exact) mass is 249 g/mol. The van der Waals surface area contributed by atoms with E-state index in [2.05, 4.69) is 4.90 Å². The van der Waals surface area contributed by atoms with Crippen LogP contribution in [-0.2, 0) is 0 Å². The highest BCUT2D eigenvalue weighted by atomic mass is 19.1. The maximum atomic E-state index is 13.8. The number of aryl methyl sites for hydroxylation is 1. The van der Waals surface area contributed by atoms with E-state index in [0.717, 1.165) is 37.4 Å². The van der Waals surface area contributed by atoms with Crippen molar-refractivity contribution in [3.05, 3.63) is 29.1 Å². The van der Waals surface area contributed by atoms with Gasteiger partial charge in [-0.05, 0) is 50.6 Å². The van der Waals surface area contributed by atoms with Crippen LogP contribution in [0.4, 0.5) is 4.39 Å². The van der Waals surface area contributed by atoms with E-state index < -0.39 is 0 Å². The quantitative estimate of drug-likeness (QED) is 0.756. The van der Waals surface area contributed by atoms with Crippen molar-refractivity contribution >= 4 is 0 Å². The summed E-state index contributed by atoms with van der Waals surface area (Å²) in [7, 11) is 0. The van der Waals surface area contributed by atoms with E-state index in [4.69, 9.17) is 4.74 Å². The molecule has 3 rings (SSSR count). The highest BCUT2D eigenvalue weighted by Crippen LogP contribution is 2.38. The fourth-order valence-electron chi connectivity index (χ4n) is 3.10. The minimum Gasteiger partial charge on any atom is -0.493 e. The summed E-state index contributed by atoms with van der Waals surface area (Å²) in [5, 5.41) is 0. The van der Waals surface area contributed by atoms with Gasteiger partial charge >= 0.3 is 0 Å². The predicted molar refractivity (Wildman–Crippen MR) is 69.4 cm³/mol. The Kier molecular flexibility index (Phi) is 3.25. The van der Waals surface area contributed by atoms with Gasteiger partial charge in [0.15, 0.2) is 0 Å². The van der Waals surface area contributed by atoms with Crippen molar-refractivity contribution in [3.63, 3.8) is 0 Å². The highest BCUT2D eigenvalue weighted by molar-refractivity contribution is 5.41. The average molecular weight is 249 g/mol. The van der Waals surface area contributed by atoms with E-state index in [-0.39, 0.29) is 5.82 Å². The molecular formula is C15H20FNO. The fourth-order valence-corrected chi connectivity index (χ4v) is 3.10. The van der Waals surface area contributed by atoms with Crippen LogP contribution < -0.4 is 4.74 Å². The zero-order valence-electron chi connectivity index (χ0n) is 10.9. The van der Waals surface area contributed by atoms with Gasteiger partial charge in [-0.1, -0.05) is 6.42 Å². The molecule has 3 heteroatoms. The van der Waals surface area contributed by atoms with E-state index in [1.165, 1.54) is 19.3 Å². The molecule has 0 spiro atoms. The van der Waals surface area contributed by atoms with Crippen LogP contribution in [0.2, 0.25) is 0 Å². The molecule has 2 aliphatic heterocycles. The molecule has 0 bridgehead atoms. The second-order valence-corrected chi connectivity index (χ2v) is 5.39. The molecule has 18 heavy (non-hydrogen) atoms. The Labute approximate surface area is 108 Å². The number of hydrogen-bond donors (Lipinski definition) is 0. The maximum Gasteiger partial charge on any atom is 0.126 e. The van der Waals surface area contributed by atoms with Crippen molar-refractivity contribution in [3.8, 4) is 5.75 Å². The third kappa shape index (κ3) is 2.12. The largest absolute Gasteiger partial charge is 0.493 e. The molecule has 2 nitrogen and oxygen atoms in total. The Bertz CT molecular complexity index is 440. The van der Waals surface area contributed by atoms with Crippen molar-refractivity contribution in [2.24, 2.45) is 0 Å². The van der Waals surface area contributed by atoms with Crippen molar-refractivity contribution in [1.82, 2.24) is 4.90 Å². The molecule has 1 saturated heterocycles. The van der Waals surface area contributed by atoms with Gasteiger partial charge in [-0.25, -0.2) is 4.39 Å². The van der Waals surface area contributed by atoms with Crippen molar-refractivity contribution in [2.75, 3.05) is 19.7 Å². The summed E-state index contributed by atoms with van der Waals surface area (Å²) in [4.78, 5) is 2.50. The fraction of sp³-hybridized carbons (Fsp3) is 0.600. The number of nitrogens with zero attached hydrogens (tertiary/aromatic N) is 1. The first-order valence-corrected chi connectivity index (χ1v) is 6.92. The third-order valence-corrected chi connectivity index (χ3v) is 4.13. The van der Waals surface area contributed by atoms with E-state index in [9.17, 15) is 4.39 Å². The average Bonchev–Trinajstić information content (AvgIpc) is 2.40. The van der Waals surface area contributed by atoms with Gasteiger partial charge < -0.3 is 4.74 Å². The molecule has 0 aliphatic carbocycles. The minimum absolute atomic E-state index is 0.110. The van der Waals surface area contributed by atoms with Gasteiger partial charge in [0.2, 0.25) is 0 Å². The van der Waals surface area contributed by atoms with Crippen LogP contribution >= 0.6 is 0 Å². The lowest BCUT2D eigenvalue weighted by Gasteiger charge is -2.38. The maximum absolute atomic E-state index is 13.8. The highest BCUT2D eigenvalue weighted by Gasteiger charge is 2.28. The number of piperidine rings is 1. The number of hydrogen-bond acceptors (Lipinski definition) is 2. The van der Waals surface area contributed by atoms with E-state index >= 15 is 0 Å². The molecule has 0 aromatic heterocycles. The topological polar surface area (TPSA) is 12.5 Å². The molecule has 0 saturated carbocycles. The van der Waals surface area contributed by atoms with Crippen molar-refractivity contribution < 1.29 is 9.13 Å². The normalized spacial score (nSPS) is 24.4. The number of rotatable bonds is 1. The predicted octanol–water partition coefficient (Wildman–Crippen LogP) is 3.44. The summed E-state index contributed by atoms with van der Waals surface area (Å²) in [5.41, 5.74) is 1.72. The molecule has 2 aliphatic rings. The van der Waals surface area contributed by atoms with E-state index in [1.807, 2.05) is 6.07 Å². The second-order valence-electron chi connectivity index (χ2n) is 5.39. The van der Waals surface area contributed by atoms with Crippen LogP contribution in [0.25, 0.3) is 0 Å². The van der Waals surface area contributed by atoms with Gasteiger partial charge in [-0.3, -0.25) is 4.90 Å². The second kappa shape index (κ2) is 4.88. The summed E-state index contributed by atoms with van der Waals surface area (Å²) in [5.74, 6) is 0.775. The number of fused-ring (bicyclic) bond motifs is 1. The van der Waals surface area contributed by atoms with Gasteiger partial charge in [-0.2, -0.15) is 0 Å². The zero-order chi connectivity index (χ0) is 12.5. The Morgan fingerprint density at radius 1 is 1.22 bits per heavy atom. The molecule has 1 atom stereocenters. The Morgan fingerprint density at radius 3 is 2.78 bits per heavy atom. The van der Waals surface area contributed by atoms with Crippen LogP contribution in [0.1, 0.15) is 42.9 Å². The lowest BCUT2D eigenvalue weighted by Crippen LogP contribution is -2.36. The first kappa shape index (κ1) is 12.0. The molecule has 1 fully saturated rings. The number of benzene rings is 1. The SMILES string of the molecule is Cc1cc2c(cc1F)[C@@H](N1CCCCC1)CCO2. The molecule has 0 N–H and O–H groups in total. The van der Waals surface area contributed by atoms with E-state index in [0.29, 0.717) is 11.6 Å². The zero-order valence-corrected chi connectivity index (χ0v) is 10.9. The van der Waals surface area contributed by atoms with Gasteiger partial charge in [0.05, 0.1) is 6.61 Å². The Balaban J connectivity index is 1.92. The molecule has 1 aromatic carbocycles. The Morgan fingerprint density at radius 2 is 2.00 bits per heavy atom. The summed E-state index contributed by atoms with van der Waals surface area (Å²) in [6.45, 7) is 4.82. The first-order chi connectivity index (χ1) is 8.75. The van der Waals surface area contributed by atoms with Gasteiger partial charge in [0.25, 0.3) is 0 Å². The molecule has 0 unspecified atom stereocenters. The lowest BCUT2D eigenvalue weighted by molar-refractivity contribution is 0.119. The summed E-state index contributed by atoms with van der Waals surface area (Å²) < 4.78 is 19.5. The van der Waals surface area contributed by atoms with Crippen LogP contribution in [-0.4, -0.2) is 24.6 Å². The number of halogens is 1. The summed E-state index contributed by atoms with van der Waals surface area (Å²) in [6, 6.07) is 3.88. The van der Waals surface area contributed by atoms with Crippen LogP contribution in [0.3, 0.4) is 0 Å². The first-order valence-electron chi connectivity index (χ1n) is 6.92. The van der Waals surface area contributed by atoms with Crippen LogP contribution in [0.5, 0.6) is 5.75 Å². The van der Waals surface area contributed by atoms with Crippen LogP contribution in [0, 0.1) is 12.7 Å². The summed E-state index contributed by atoms with van der Waals surface area (Å²) >= 11 is 0. The lowest BCUT2D eigenvalue weighted by atomic mass is 9.95. The molecular weight excluding hydrogens is 229 g/mol. The summed E-state index contributed by atoms with van der Waals surface area (Å²) in [6.07, 6.45) is 4.84. The van der Waals surface area contributed by atoms with E-state index in [1.54, 1.807) is 13.0 Å².